The lowest BCUT2D eigenvalue weighted by Crippen LogP contribution is -2.63. The smallest absolute Gasteiger partial charge is 0.490 e. The number of amides is 3. The van der Waals surface area contributed by atoms with E-state index in [1.807, 2.05) is 54.6 Å². The molecule has 13 heteroatoms. The zero-order valence-corrected chi connectivity index (χ0v) is 24.7. The molecule has 0 saturated carbocycles. The van der Waals surface area contributed by atoms with Gasteiger partial charge in [-0.25, -0.2) is 9.18 Å². The summed E-state index contributed by atoms with van der Waals surface area (Å²) in [6, 6.07) is 22.4. The van der Waals surface area contributed by atoms with Crippen LogP contribution in [0.2, 0.25) is 0 Å². The quantitative estimate of drug-likeness (QED) is 0.302. The Labute approximate surface area is 261 Å². The number of carbonyl (C=O) groups excluding carboxylic acids is 3. The Morgan fingerprint density at radius 1 is 0.935 bits per heavy atom. The number of carboxylic acids is 1. The van der Waals surface area contributed by atoms with Crippen molar-refractivity contribution in [3.8, 4) is 5.75 Å². The fraction of sp³-hybridized carbons (Fsp3) is 0.333. The van der Waals surface area contributed by atoms with Crippen LogP contribution in [0, 0.1) is 17.7 Å². The van der Waals surface area contributed by atoms with E-state index in [-0.39, 0.29) is 30.1 Å². The van der Waals surface area contributed by atoms with Crippen LogP contribution in [0.5, 0.6) is 5.75 Å². The first-order chi connectivity index (χ1) is 21.9. The van der Waals surface area contributed by atoms with Crippen LogP contribution in [0.25, 0.3) is 0 Å². The minimum absolute atomic E-state index is 0.171. The second kappa shape index (κ2) is 12.9. The van der Waals surface area contributed by atoms with E-state index >= 15 is 0 Å². The van der Waals surface area contributed by atoms with Crippen LogP contribution in [-0.2, 0) is 32.3 Å². The van der Waals surface area contributed by atoms with Crippen LogP contribution in [-0.4, -0.2) is 64.0 Å². The van der Waals surface area contributed by atoms with Gasteiger partial charge < -0.3 is 14.7 Å². The van der Waals surface area contributed by atoms with Crippen LogP contribution < -0.4 is 10.1 Å². The third-order valence-corrected chi connectivity index (χ3v) is 8.60. The lowest BCUT2D eigenvalue weighted by molar-refractivity contribution is -0.192. The Hall–Kier alpha value is -4.78. The third kappa shape index (κ3) is 6.32. The number of imide groups is 1. The Bertz CT molecular complexity index is 1600. The fourth-order valence-electron chi connectivity index (χ4n) is 6.51. The van der Waals surface area contributed by atoms with Crippen LogP contribution >= 0.6 is 0 Å². The number of methoxy groups -OCH3 is 1. The highest BCUT2D eigenvalue weighted by Crippen LogP contribution is 2.52. The van der Waals surface area contributed by atoms with Crippen molar-refractivity contribution in [2.45, 2.75) is 43.7 Å². The molecule has 3 aromatic carbocycles. The van der Waals surface area contributed by atoms with Crippen molar-refractivity contribution in [2.24, 2.45) is 11.8 Å². The molecular formula is C33H31F4N3O6. The van der Waals surface area contributed by atoms with Crippen molar-refractivity contribution in [2.75, 3.05) is 13.7 Å². The molecule has 0 aromatic heterocycles. The lowest BCUT2D eigenvalue weighted by atomic mass is 9.74. The van der Waals surface area contributed by atoms with E-state index in [1.54, 1.807) is 24.1 Å². The van der Waals surface area contributed by atoms with E-state index < -0.39 is 35.6 Å². The minimum Gasteiger partial charge on any atom is -0.497 e. The topological polar surface area (TPSA) is 116 Å². The summed E-state index contributed by atoms with van der Waals surface area (Å²) in [6.45, 7) is 1.01. The van der Waals surface area contributed by atoms with E-state index in [1.165, 1.54) is 17.0 Å². The molecule has 242 valence electrons. The number of piperidine rings is 1. The zero-order chi connectivity index (χ0) is 33.2. The molecule has 3 aliphatic rings. The molecule has 3 saturated heterocycles. The van der Waals surface area contributed by atoms with Crippen molar-refractivity contribution in [3.63, 3.8) is 0 Å². The molecule has 0 radical (unpaired) electrons. The molecule has 3 fully saturated rings. The van der Waals surface area contributed by atoms with Gasteiger partial charge in [-0.3, -0.25) is 24.6 Å². The molecule has 0 unspecified atom stereocenters. The number of carboxylic acid groups (broad SMARTS) is 1. The first kappa shape index (κ1) is 32.6. The predicted molar refractivity (Wildman–Crippen MR) is 155 cm³/mol. The molecule has 3 amide bonds. The van der Waals surface area contributed by atoms with Crippen LogP contribution in [0.4, 0.5) is 17.6 Å². The van der Waals surface area contributed by atoms with E-state index in [9.17, 15) is 31.9 Å². The molecule has 0 aliphatic carbocycles. The second-order valence-corrected chi connectivity index (χ2v) is 11.4. The number of aliphatic carboxylic acids is 1. The van der Waals surface area contributed by atoms with Gasteiger partial charge >= 0.3 is 12.1 Å². The van der Waals surface area contributed by atoms with Gasteiger partial charge in [0, 0.05) is 19.1 Å². The van der Waals surface area contributed by atoms with Crippen LogP contribution in [0.15, 0.2) is 78.9 Å². The van der Waals surface area contributed by atoms with Gasteiger partial charge in [0.1, 0.15) is 17.1 Å². The molecule has 3 heterocycles. The number of benzene rings is 3. The summed E-state index contributed by atoms with van der Waals surface area (Å²) < 4.78 is 50.5. The average molecular weight is 642 g/mol. The number of rotatable bonds is 6. The molecular weight excluding hydrogens is 610 g/mol. The Morgan fingerprint density at radius 3 is 2.13 bits per heavy atom. The summed E-state index contributed by atoms with van der Waals surface area (Å²) >= 11 is 0. The average Bonchev–Trinajstić information content (AvgIpc) is 3.50. The molecule has 6 rings (SSSR count). The Balaban J connectivity index is 0.000000537. The highest BCUT2D eigenvalue weighted by atomic mass is 19.4. The number of likely N-dealkylation sites (tertiary alicyclic amines) is 2. The van der Waals surface area contributed by atoms with Crippen molar-refractivity contribution < 1.29 is 46.6 Å². The largest absolute Gasteiger partial charge is 0.497 e. The van der Waals surface area contributed by atoms with Gasteiger partial charge in [-0.05, 0) is 53.8 Å². The maximum Gasteiger partial charge on any atom is 0.490 e. The Morgan fingerprint density at radius 2 is 1.54 bits per heavy atom. The van der Waals surface area contributed by atoms with Crippen LogP contribution in [0.3, 0.4) is 0 Å². The first-order valence-corrected chi connectivity index (χ1v) is 14.5. The van der Waals surface area contributed by atoms with Gasteiger partial charge in [0.05, 0.1) is 25.5 Å². The summed E-state index contributed by atoms with van der Waals surface area (Å²) in [4.78, 5) is 54.2. The van der Waals surface area contributed by atoms with Crippen molar-refractivity contribution in [1.29, 1.82) is 0 Å². The molecule has 2 N–H and O–H groups in total. The third-order valence-electron chi connectivity index (χ3n) is 8.60. The number of nitrogens with zero attached hydrogens (tertiary/aromatic N) is 2. The van der Waals surface area contributed by atoms with E-state index in [0.29, 0.717) is 31.7 Å². The maximum absolute atomic E-state index is 14.2. The van der Waals surface area contributed by atoms with E-state index in [4.69, 9.17) is 14.6 Å². The molecule has 46 heavy (non-hydrogen) atoms. The number of hydrogen-bond acceptors (Lipinski definition) is 6. The number of fused-ring (bicyclic) bond motifs is 2. The highest BCUT2D eigenvalue weighted by molar-refractivity contribution is 6.10. The SMILES string of the molecule is COc1ccc([C@H]2N[C@]3(CCCN(Cc4ccc(F)cc4)C3=O)[C@H]3C(=O)N(Cc4ccccc4)C(=O)[C@@H]23)cc1.O=C(O)C(F)(F)F. The number of ether oxygens (including phenoxy) is 1. The molecule has 3 aliphatic heterocycles. The molecule has 3 aromatic rings. The van der Waals surface area contributed by atoms with E-state index in [2.05, 4.69) is 5.32 Å². The monoisotopic (exact) mass is 641 g/mol. The number of alkyl halides is 3. The van der Waals surface area contributed by atoms with Crippen molar-refractivity contribution >= 4 is 23.7 Å². The lowest BCUT2D eigenvalue weighted by Gasteiger charge is -2.42. The summed E-state index contributed by atoms with van der Waals surface area (Å²) in [5, 5.41) is 10.6. The fourth-order valence-corrected chi connectivity index (χ4v) is 6.51. The number of hydrogen-bond donors (Lipinski definition) is 2. The van der Waals surface area contributed by atoms with Gasteiger partial charge in [-0.2, -0.15) is 13.2 Å². The van der Waals surface area contributed by atoms with Crippen molar-refractivity contribution in [3.05, 3.63) is 101 Å². The van der Waals surface area contributed by atoms with Gasteiger partial charge in [0.15, 0.2) is 0 Å². The normalized spacial score (nSPS) is 24.1. The van der Waals surface area contributed by atoms with Crippen molar-refractivity contribution in [1.82, 2.24) is 15.1 Å². The highest BCUT2D eigenvalue weighted by Gasteiger charge is 2.69. The summed E-state index contributed by atoms with van der Waals surface area (Å²) in [5.74, 6) is -4.69. The predicted octanol–water partition coefficient (Wildman–Crippen LogP) is 4.47. The van der Waals surface area contributed by atoms with Crippen LogP contribution in [0.1, 0.15) is 35.6 Å². The number of carbonyl (C=O) groups is 4. The number of halogens is 4. The zero-order valence-electron chi connectivity index (χ0n) is 24.7. The maximum atomic E-state index is 14.2. The molecule has 4 atom stereocenters. The summed E-state index contributed by atoms with van der Waals surface area (Å²) in [5.41, 5.74) is 1.29. The van der Waals surface area contributed by atoms with E-state index in [0.717, 1.165) is 16.7 Å². The summed E-state index contributed by atoms with van der Waals surface area (Å²) in [6.07, 6.45) is -3.95. The summed E-state index contributed by atoms with van der Waals surface area (Å²) in [7, 11) is 1.59. The minimum atomic E-state index is -5.08. The molecule has 1 spiro atoms. The molecule has 9 nitrogen and oxygen atoms in total. The number of nitrogens with one attached hydrogen (secondary N) is 1. The first-order valence-electron chi connectivity index (χ1n) is 14.5. The van der Waals surface area contributed by atoms with Gasteiger partial charge in [0.2, 0.25) is 17.7 Å². The van der Waals surface area contributed by atoms with Gasteiger partial charge in [-0.1, -0.05) is 54.6 Å². The Kier molecular flexibility index (Phi) is 9.15. The van der Waals surface area contributed by atoms with Gasteiger partial charge in [0.25, 0.3) is 0 Å². The molecule has 0 bridgehead atoms. The van der Waals surface area contributed by atoms with Gasteiger partial charge in [-0.15, -0.1) is 0 Å². The standard InChI is InChI=1S/C31H30FN3O4.C2HF3O2/c1-39-24-14-10-22(11-15-24)27-25-26(29(37)35(28(25)36)19-20-6-3-2-4-7-20)31(33-27)16-5-17-34(30(31)38)18-21-8-12-23(32)13-9-21;3-2(4,5)1(6)7/h2-4,6-15,25-27,33H,5,16-19H2,1H3;(H,6,7)/t25-,26-,27-,31-;/m1./s1. The second-order valence-electron chi connectivity index (χ2n) is 11.4.